The van der Waals surface area contributed by atoms with Crippen LogP contribution >= 0.6 is 0 Å². The molecule has 4 rings (SSSR count). The summed E-state index contributed by atoms with van der Waals surface area (Å²) in [6, 6.07) is 5.28. The maximum absolute atomic E-state index is 11.8. The van der Waals surface area contributed by atoms with E-state index in [-0.39, 0.29) is 22.9 Å². The van der Waals surface area contributed by atoms with Gasteiger partial charge in [-0.15, -0.1) is 0 Å². The molecule has 29 heavy (non-hydrogen) atoms. The molecule has 1 saturated heterocycles. The topological polar surface area (TPSA) is 188 Å². The molecule has 0 radical (unpaired) electrons. The van der Waals surface area contributed by atoms with Crippen LogP contribution in [0.5, 0.6) is 0 Å². The van der Waals surface area contributed by atoms with Crippen LogP contribution in [-0.2, 0) is 9.59 Å². The van der Waals surface area contributed by atoms with Gasteiger partial charge in [-0.25, -0.2) is 14.8 Å². The second-order valence-corrected chi connectivity index (χ2v) is 5.96. The summed E-state index contributed by atoms with van der Waals surface area (Å²) in [5.41, 5.74) is 13.0. The second kappa shape index (κ2) is 7.35. The highest BCUT2D eigenvalue weighted by molar-refractivity contribution is 6.18. The number of aryl methyl sites for hydroxylation is 1. The first kappa shape index (κ1) is 18.1. The SMILES string of the molecule is Cc1ccc(NNc2nc3nonc3nc2NNC2C(=O)NC(=O)NC2=O)cc1. The molecule has 2 aromatic heterocycles. The van der Waals surface area contributed by atoms with E-state index >= 15 is 0 Å². The van der Waals surface area contributed by atoms with Crippen molar-refractivity contribution in [3.05, 3.63) is 29.8 Å². The van der Waals surface area contributed by atoms with E-state index in [0.29, 0.717) is 0 Å². The molecule has 14 heteroatoms. The van der Waals surface area contributed by atoms with Gasteiger partial charge in [0, 0.05) is 0 Å². The van der Waals surface area contributed by atoms with Gasteiger partial charge in [0.1, 0.15) is 0 Å². The molecule has 4 amide bonds. The molecule has 0 bridgehead atoms. The van der Waals surface area contributed by atoms with Crippen molar-refractivity contribution in [2.24, 2.45) is 0 Å². The number of barbiturate groups is 1. The molecule has 6 N–H and O–H groups in total. The summed E-state index contributed by atoms with van der Waals surface area (Å²) in [7, 11) is 0. The fourth-order valence-corrected chi connectivity index (χ4v) is 2.37. The Labute approximate surface area is 161 Å². The van der Waals surface area contributed by atoms with Crippen LogP contribution in [0, 0.1) is 6.92 Å². The Hall–Kier alpha value is -4.33. The van der Waals surface area contributed by atoms with Gasteiger partial charge in [-0.3, -0.25) is 31.1 Å². The van der Waals surface area contributed by atoms with Crippen molar-refractivity contribution in [3.8, 4) is 0 Å². The number of nitrogens with zero attached hydrogens (tertiary/aromatic N) is 4. The molecule has 0 aliphatic carbocycles. The predicted molar refractivity (Wildman–Crippen MR) is 98.0 cm³/mol. The van der Waals surface area contributed by atoms with Crippen LogP contribution in [-0.4, -0.2) is 44.2 Å². The normalized spacial score (nSPS) is 14.4. The van der Waals surface area contributed by atoms with Gasteiger partial charge < -0.3 is 5.43 Å². The number of imide groups is 2. The lowest BCUT2D eigenvalue weighted by atomic mass is 10.2. The highest BCUT2D eigenvalue weighted by atomic mass is 16.6. The smallest absolute Gasteiger partial charge is 0.301 e. The lowest BCUT2D eigenvalue weighted by Gasteiger charge is -2.22. The summed E-state index contributed by atoms with van der Waals surface area (Å²) in [5.74, 6) is -1.38. The number of fused-ring (bicyclic) bond motifs is 1. The molecule has 0 saturated carbocycles. The quantitative estimate of drug-likeness (QED) is 0.229. The third-order valence-corrected chi connectivity index (χ3v) is 3.82. The number of benzene rings is 1. The summed E-state index contributed by atoms with van der Waals surface area (Å²) < 4.78 is 4.60. The molecule has 3 heterocycles. The zero-order valence-corrected chi connectivity index (χ0v) is 14.8. The molecular weight excluding hydrogens is 384 g/mol. The van der Waals surface area contributed by atoms with Crippen LogP contribution in [0.25, 0.3) is 11.3 Å². The average Bonchev–Trinajstić information content (AvgIpc) is 3.13. The number of rotatable bonds is 6. The zero-order chi connectivity index (χ0) is 20.4. The van der Waals surface area contributed by atoms with Crippen molar-refractivity contribution in [2.45, 2.75) is 13.0 Å². The van der Waals surface area contributed by atoms with E-state index in [1.165, 1.54) is 0 Å². The molecule has 1 aliphatic rings. The second-order valence-electron chi connectivity index (χ2n) is 5.96. The average molecular weight is 398 g/mol. The number of urea groups is 1. The Morgan fingerprint density at radius 2 is 1.45 bits per heavy atom. The van der Waals surface area contributed by atoms with Crippen LogP contribution < -0.4 is 32.3 Å². The van der Waals surface area contributed by atoms with Gasteiger partial charge in [-0.2, -0.15) is 9.97 Å². The number of hydrazine groups is 2. The highest BCUT2D eigenvalue weighted by Crippen LogP contribution is 2.19. The van der Waals surface area contributed by atoms with Crippen molar-refractivity contribution in [3.63, 3.8) is 0 Å². The van der Waals surface area contributed by atoms with E-state index in [4.69, 9.17) is 0 Å². The van der Waals surface area contributed by atoms with Gasteiger partial charge in [-0.05, 0) is 29.4 Å². The van der Waals surface area contributed by atoms with E-state index in [1.807, 2.05) is 41.8 Å². The molecule has 1 fully saturated rings. The third-order valence-electron chi connectivity index (χ3n) is 3.82. The minimum absolute atomic E-state index is 0.0883. The Morgan fingerprint density at radius 1 is 0.862 bits per heavy atom. The number of hydrogen-bond donors (Lipinski definition) is 6. The monoisotopic (exact) mass is 398 g/mol. The molecule has 3 aromatic rings. The largest absolute Gasteiger partial charge is 0.328 e. The van der Waals surface area contributed by atoms with Gasteiger partial charge in [0.05, 0.1) is 5.69 Å². The van der Waals surface area contributed by atoms with E-state index < -0.39 is 23.9 Å². The molecule has 14 nitrogen and oxygen atoms in total. The molecule has 0 atom stereocenters. The van der Waals surface area contributed by atoms with Crippen molar-refractivity contribution >= 4 is 46.5 Å². The Morgan fingerprint density at radius 3 is 2.07 bits per heavy atom. The maximum atomic E-state index is 11.8. The van der Waals surface area contributed by atoms with Crippen LogP contribution in [0.15, 0.2) is 28.9 Å². The van der Waals surface area contributed by atoms with Crippen molar-refractivity contribution in [1.29, 1.82) is 0 Å². The molecule has 1 aromatic carbocycles. The van der Waals surface area contributed by atoms with Crippen LogP contribution in [0.4, 0.5) is 22.1 Å². The van der Waals surface area contributed by atoms with Crippen LogP contribution in [0.1, 0.15) is 5.56 Å². The summed E-state index contributed by atoms with van der Waals surface area (Å²) in [5, 5.41) is 11.2. The van der Waals surface area contributed by atoms with E-state index in [1.54, 1.807) is 0 Å². The number of aromatic nitrogens is 4. The van der Waals surface area contributed by atoms with Gasteiger partial charge in [0.15, 0.2) is 17.7 Å². The van der Waals surface area contributed by atoms with Crippen molar-refractivity contribution < 1.29 is 19.0 Å². The molecule has 148 valence electrons. The Bertz CT molecular complexity index is 1080. The summed E-state index contributed by atoms with van der Waals surface area (Å²) >= 11 is 0. The standard InChI is InChI=1S/C15H14N10O4/c1-6-2-4-7(5-3-6)20-22-9-10(17-12-11(16-9)24-29-25-12)23-21-8-13(26)18-15(28)19-14(8)27/h2-5,8,20-21H,1H3,(H,16,22,24)(H,17,23,25)(H2,18,19,26,27,28). The van der Waals surface area contributed by atoms with E-state index in [0.717, 1.165) is 11.3 Å². The Balaban J connectivity index is 1.53. The van der Waals surface area contributed by atoms with Gasteiger partial charge >= 0.3 is 6.03 Å². The van der Waals surface area contributed by atoms with Crippen molar-refractivity contribution in [2.75, 3.05) is 16.3 Å². The molecule has 0 spiro atoms. The number of anilines is 3. The lowest BCUT2D eigenvalue weighted by Crippen LogP contribution is -2.64. The van der Waals surface area contributed by atoms with Crippen LogP contribution in [0.3, 0.4) is 0 Å². The molecule has 1 aliphatic heterocycles. The number of amides is 4. The number of nitrogens with one attached hydrogen (secondary N) is 6. The molecular formula is C15H14N10O4. The van der Waals surface area contributed by atoms with Gasteiger partial charge in [0.25, 0.3) is 11.8 Å². The molecule has 0 unspecified atom stereocenters. The lowest BCUT2D eigenvalue weighted by molar-refractivity contribution is -0.132. The van der Waals surface area contributed by atoms with Gasteiger partial charge in [-0.1, -0.05) is 17.7 Å². The highest BCUT2D eigenvalue weighted by Gasteiger charge is 2.34. The first-order chi connectivity index (χ1) is 14.0. The maximum Gasteiger partial charge on any atom is 0.328 e. The summed E-state index contributed by atoms with van der Waals surface area (Å²) in [4.78, 5) is 43.2. The fraction of sp³-hybridized carbons (Fsp3) is 0.133. The predicted octanol–water partition coefficient (Wildman–Crippen LogP) is -0.589. The number of hydrogen-bond acceptors (Lipinski definition) is 12. The zero-order valence-electron chi connectivity index (χ0n) is 14.8. The Kier molecular flexibility index (Phi) is 4.58. The first-order valence-electron chi connectivity index (χ1n) is 8.26. The minimum Gasteiger partial charge on any atom is -0.301 e. The van der Waals surface area contributed by atoms with Crippen LogP contribution in [0.2, 0.25) is 0 Å². The number of carbonyl (C=O) groups is 3. The first-order valence-corrected chi connectivity index (χ1v) is 8.26. The van der Waals surface area contributed by atoms with E-state index in [2.05, 4.69) is 46.6 Å². The van der Waals surface area contributed by atoms with E-state index in [9.17, 15) is 14.4 Å². The summed E-state index contributed by atoms with van der Waals surface area (Å²) in [6.45, 7) is 1.97. The number of carbonyl (C=O) groups excluding carboxylic acids is 3. The summed E-state index contributed by atoms with van der Waals surface area (Å²) in [6.07, 6.45) is 0. The third kappa shape index (κ3) is 3.86. The van der Waals surface area contributed by atoms with Gasteiger partial charge in [0.2, 0.25) is 11.3 Å². The fourth-order valence-electron chi connectivity index (χ4n) is 2.37. The van der Waals surface area contributed by atoms with Crippen molar-refractivity contribution in [1.82, 2.24) is 36.3 Å². The minimum atomic E-state index is -1.38.